The Labute approximate surface area is 168 Å². The van der Waals surface area contributed by atoms with E-state index in [0.29, 0.717) is 25.3 Å². The predicted molar refractivity (Wildman–Crippen MR) is 107 cm³/mol. The third-order valence-corrected chi connectivity index (χ3v) is 5.74. The van der Waals surface area contributed by atoms with Crippen LogP contribution in [0.1, 0.15) is 28.5 Å². The van der Waals surface area contributed by atoms with Crippen molar-refractivity contribution in [3.63, 3.8) is 0 Å². The molecule has 1 fully saturated rings. The fourth-order valence-electron chi connectivity index (χ4n) is 4.25. The van der Waals surface area contributed by atoms with Gasteiger partial charge in [0, 0.05) is 24.2 Å². The highest BCUT2D eigenvalue weighted by molar-refractivity contribution is 5.95. The Hall–Kier alpha value is -3.19. The van der Waals surface area contributed by atoms with Crippen molar-refractivity contribution in [3.8, 4) is 16.9 Å². The molecule has 2 aliphatic rings. The number of para-hydroxylation sites is 1. The number of hydrogen-bond acceptors (Lipinski definition) is 5. The highest BCUT2D eigenvalue weighted by Gasteiger charge is 2.38. The molecular weight excluding hydrogens is 368 g/mol. The van der Waals surface area contributed by atoms with Crippen LogP contribution in [0.4, 0.5) is 0 Å². The summed E-state index contributed by atoms with van der Waals surface area (Å²) in [5.41, 5.74) is 3.56. The molecule has 0 spiro atoms. The van der Waals surface area contributed by atoms with E-state index in [2.05, 4.69) is 10.3 Å². The second-order valence-corrected chi connectivity index (χ2v) is 7.41. The van der Waals surface area contributed by atoms with Gasteiger partial charge in [-0.25, -0.2) is 4.68 Å². The van der Waals surface area contributed by atoms with Crippen molar-refractivity contribution >= 4 is 5.91 Å². The molecule has 3 heterocycles. The van der Waals surface area contributed by atoms with Gasteiger partial charge < -0.3 is 14.4 Å². The Kier molecular flexibility index (Phi) is 4.52. The first kappa shape index (κ1) is 17.9. The van der Waals surface area contributed by atoms with Gasteiger partial charge in [-0.15, -0.1) is 5.10 Å². The molecule has 1 amide bonds. The van der Waals surface area contributed by atoms with E-state index in [9.17, 15) is 4.79 Å². The average molecular weight is 390 g/mol. The Balaban J connectivity index is 1.41. The van der Waals surface area contributed by atoms with Crippen molar-refractivity contribution in [3.05, 3.63) is 66.0 Å². The summed E-state index contributed by atoms with van der Waals surface area (Å²) in [4.78, 5) is 15.2. The van der Waals surface area contributed by atoms with Crippen molar-refractivity contribution in [2.45, 2.75) is 25.2 Å². The van der Waals surface area contributed by atoms with E-state index >= 15 is 0 Å². The molecule has 2 aliphatic heterocycles. The van der Waals surface area contributed by atoms with Gasteiger partial charge >= 0.3 is 0 Å². The summed E-state index contributed by atoms with van der Waals surface area (Å²) in [5, 5.41) is 8.22. The number of hydrogen-bond donors (Lipinski definition) is 0. The monoisotopic (exact) mass is 390 g/mol. The van der Waals surface area contributed by atoms with Gasteiger partial charge in [-0.3, -0.25) is 4.79 Å². The summed E-state index contributed by atoms with van der Waals surface area (Å²) in [6.07, 6.45) is 2.60. The first-order valence-corrected chi connectivity index (χ1v) is 9.78. The number of fused-ring (bicyclic) bond motifs is 3. The van der Waals surface area contributed by atoms with Crippen LogP contribution in [0.15, 0.2) is 54.7 Å². The number of benzene rings is 2. The minimum absolute atomic E-state index is 0.0105. The zero-order chi connectivity index (χ0) is 19.8. The van der Waals surface area contributed by atoms with Crippen LogP contribution in [-0.4, -0.2) is 52.1 Å². The summed E-state index contributed by atoms with van der Waals surface area (Å²) in [7, 11) is 1.66. The zero-order valence-corrected chi connectivity index (χ0v) is 16.2. The number of nitrogens with zero attached hydrogens (tertiary/aromatic N) is 4. The minimum Gasteiger partial charge on any atom is -0.496 e. The first-order valence-electron chi connectivity index (χ1n) is 9.78. The van der Waals surface area contributed by atoms with Crippen LogP contribution >= 0.6 is 0 Å². The summed E-state index contributed by atoms with van der Waals surface area (Å²) >= 11 is 0. The van der Waals surface area contributed by atoms with Gasteiger partial charge in [0.2, 0.25) is 0 Å². The van der Waals surface area contributed by atoms with Crippen molar-refractivity contribution in [2.24, 2.45) is 0 Å². The second kappa shape index (κ2) is 7.33. The molecule has 0 aliphatic carbocycles. The maximum atomic E-state index is 13.3. The van der Waals surface area contributed by atoms with Crippen LogP contribution in [0.2, 0.25) is 0 Å². The largest absolute Gasteiger partial charge is 0.496 e. The third-order valence-electron chi connectivity index (χ3n) is 5.74. The number of methoxy groups -OCH3 is 1. The van der Waals surface area contributed by atoms with Gasteiger partial charge in [0.15, 0.2) is 0 Å². The molecule has 3 aromatic rings. The fraction of sp³-hybridized carbons (Fsp3) is 0.318. The topological polar surface area (TPSA) is 69.5 Å². The molecule has 0 unspecified atom stereocenters. The van der Waals surface area contributed by atoms with Gasteiger partial charge in [0.05, 0.1) is 37.8 Å². The van der Waals surface area contributed by atoms with Crippen LogP contribution in [0, 0.1) is 0 Å². The van der Waals surface area contributed by atoms with Crippen molar-refractivity contribution in [1.29, 1.82) is 0 Å². The van der Waals surface area contributed by atoms with Crippen LogP contribution in [0.25, 0.3) is 11.1 Å². The molecule has 0 radical (unpaired) electrons. The van der Waals surface area contributed by atoms with E-state index in [1.807, 2.05) is 58.1 Å². The smallest absolute Gasteiger partial charge is 0.253 e. The molecule has 7 nitrogen and oxygen atoms in total. The highest BCUT2D eigenvalue weighted by atomic mass is 16.5. The SMILES string of the molecule is COc1ccccc1-c1cccc(C(=O)N2CC[C@H]3OCc4cnnn4[C@H]3C2)c1. The molecule has 2 atom stereocenters. The summed E-state index contributed by atoms with van der Waals surface area (Å²) in [6, 6.07) is 15.6. The first-order chi connectivity index (χ1) is 14.2. The van der Waals surface area contributed by atoms with E-state index < -0.39 is 0 Å². The summed E-state index contributed by atoms with van der Waals surface area (Å²) in [6.45, 7) is 1.77. The standard InChI is InChI=1S/C22H22N4O3/c1-28-20-8-3-2-7-18(20)15-5-4-6-16(11-15)22(27)25-10-9-21-19(13-25)26-17(14-29-21)12-23-24-26/h2-8,11-12,19,21H,9-10,13-14H2,1H3/t19-,21+/m0/s1. The Bertz CT molecular complexity index is 1050. The number of amides is 1. The Morgan fingerprint density at radius 1 is 1.21 bits per heavy atom. The predicted octanol–water partition coefficient (Wildman–Crippen LogP) is 2.94. The molecule has 0 bridgehead atoms. The van der Waals surface area contributed by atoms with Gasteiger partial charge in [-0.2, -0.15) is 0 Å². The van der Waals surface area contributed by atoms with Gasteiger partial charge in [0.25, 0.3) is 5.91 Å². The minimum atomic E-state index is 0.0105. The number of rotatable bonds is 3. The fourth-order valence-corrected chi connectivity index (χ4v) is 4.25. The van der Waals surface area contributed by atoms with Crippen molar-refractivity contribution in [2.75, 3.05) is 20.2 Å². The molecule has 148 valence electrons. The quantitative estimate of drug-likeness (QED) is 0.688. The molecule has 5 rings (SSSR count). The van der Waals surface area contributed by atoms with E-state index in [-0.39, 0.29) is 18.1 Å². The highest BCUT2D eigenvalue weighted by Crippen LogP contribution is 2.32. The molecule has 0 N–H and O–H groups in total. The Morgan fingerprint density at radius 2 is 2.10 bits per heavy atom. The number of piperidine rings is 1. The lowest BCUT2D eigenvalue weighted by molar-refractivity contribution is -0.0605. The van der Waals surface area contributed by atoms with Crippen LogP contribution in [0.5, 0.6) is 5.75 Å². The number of carbonyl (C=O) groups excluding carboxylic acids is 1. The average Bonchev–Trinajstić information content (AvgIpc) is 3.28. The van der Waals surface area contributed by atoms with Crippen LogP contribution in [0.3, 0.4) is 0 Å². The van der Waals surface area contributed by atoms with Crippen molar-refractivity contribution < 1.29 is 14.3 Å². The third kappa shape index (κ3) is 3.17. The lowest BCUT2D eigenvalue weighted by Gasteiger charge is -2.41. The van der Waals surface area contributed by atoms with Crippen LogP contribution in [-0.2, 0) is 11.3 Å². The van der Waals surface area contributed by atoms with Crippen molar-refractivity contribution in [1.82, 2.24) is 19.9 Å². The number of carbonyl (C=O) groups is 1. The lowest BCUT2D eigenvalue weighted by Crippen LogP contribution is -2.49. The Morgan fingerprint density at radius 3 is 3.00 bits per heavy atom. The normalized spacial score (nSPS) is 20.7. The van der Waals surface area contributed by atoms with E-state index in [1.54, 1.807) is 13.3 Å². The molecule has 2 aromatic carbocycles. The van der Waals surface area contributed by atoms with E-state index in [0.717, 1.165) is 29.0 Å². The zero-order valence-electron chi connectivity index (χ0n) is 16.2. The maximum absolute atomic E-state index is 13.3. The maximum Gasteiger partial charge on any atom is 0.253 e. The van der Waals surface area contributed by atoms with Gasteiger partial charge in [0.1, 0.15) is 5.75 Å². The van der Waals surface area contributed by atoms with Gasteiger partial charge in [-0.05, 0) is 30.2 Å². The molecule has 0 saturated carbocycles. The second-order valence-electron chi connectivity index (χ2n) is 7.41. The summed E-state index contributed by atoms with van der Waals surface area (Å²) in [5.74, 6) is 0.809. The summed E-state index contributed by atoms with van der Waals surface area (Å²) < 4.78 is 13.3. The van der Waals surface area contributed by atoms with Crippen LogP contribution < -0.4 is 4.74 Å². The number of aromatic nitrogens is 3. The van der Waals surface area contributed by atoms with Gasteiger partial charge in [-0.1, -0.05) is 35.5 Å². The van der Waals surface area contributed by atoms with E-state index in [1.165, 1.54) is 0 Å². The number of likely N-dealkylation sites (tertiary alicyclic amines) is 1. The lowest BCUT2D eigenvalue weighted by atomic mass is 9.98. The molecule has 7 heteroatoms. The van der Waals surface area contributed by atoms with E-state index in [4.69, 9.17) is 9.47 Å². The number of ether oxygens (including phenoxy) is 2. The molecular formula is C22H22N4O3. The molecule has 1 saturated heterocycles. The molecule has 29 heavy (non-hydrogen) atoms. The molecule has 1 aromatic heterocycles.